The van der Waals surface area contributed by atoms with E-state index in [1.807, 2.05) is 0 Å². The lowest BCUT2D eigenvalue weighted by atomic mass is 10.2. The molecule has 0 heterocycles. The number of allylic oxidation sites excluding steroid dienone is 8. The van der Waals surface area contributed by atoms with E-state index in [9.17, 15) is 0 Å². The van der Waals surface area contributed by atoms with Gasteiger partial charge in [0.2, 0.25) is 0 Å². The Morgan fingerprint density at radius 3 is 1.18 bits per heavy atom. The molecule has 0 nitrogen and oxygen atoms in total. The van der Waals surface area contributed by atoms with Gasteiger partial charge in [-0.25, -0.2) is 0 Å². The maximum absolute atomic E-state index is 2.68. The summed E-state index contributed by atoms with van der Waals surface area (Å²) in [5.74, 6) is 1.17. The minimum absolute atomic E-state index is 0.585. The summed E-state index contributed by atoms with van der Waals surface area (Å²) in [4.78, 5) is 0. The van der Waals surface area contributed by atoms with Crippen LogP contribution in [0, 0.1) is 11.8 Å². The predicted molar refractivity (Wildman–Crippen MR) is 129 cm³/mol. The molecule has 0 fully saturated rings. The second-order valence-electron chi connectivity index (χ2n) is 8.67. The van der Waals surface area contributed by atoms with Crippen LogP contribution < -0.4 is 10.4 Å². The van der Waals surface area contributed by atoms with E-state index < -0.39 is 15.2 Å². The van der Waals surface area contributed by atoms with Crippen molar-refractivity contribution < 1.29 is 0 Å². The minimum atomic E-state index is -1.78. The fraction of sp³-hybridized carbons (Fsp3) is 0.231. The third kappa shape index (κ3) is 3.59. The summed E-state index contributed by atoms with van der Waals surface area (Å²) in [6.07, 6.45) is 18.5. The maximum Gasteiger partial charge on any atom is 0.0833 e. The van der Waals surface area contributed by atoms with Crippen molar-refractivity contribution in [2.24, 2.45) is 11.8 Å². The van der Waals surface area contributed by atoms with Gasteiger partial charge in [0.25, 0.3) is 0 Å². The second-order valence-corrected chi connectivity index (χ2v) is 22.6. The largest absolute Gasteiger partial charge is 0.0833 e. The highest BCUT2D eigenvalue weighted by Gasteiger charge is 2.51. The van der Waals surface area contributed by atoms with E-state index in [-0.39, 0.29) is 0 Å². The fourth-order valence-corrected chi connectivity index (χ4v) is 21.0. The van der Waals surface area contributed by atoms with Crippen molar-refractivity contribution in [1.82, 2.24) is 0 Å². The van der Waals surface area contributed by atoms with E-state index in [1.54, 1.807) is 10.4 Å². The van der Waals surface area contributed by atoms with Gasteiger partial charge in [-0.15, -0.1) is 0 Å². The molecule has 0 saturated heterocycles. The molecule has 0 radical (unpaired) electrons. The molecular weight excluding hydrogens is 368 g/mol. The zero-order valence-corrected chi connectivity index (χ0v) is 19.0. The molecule has 0 saturated carbocycles. The highest BCUT2D eigenvalue weighted by molar-refractivity contribution is 7.50. The van der Waals surface area contributed by atoms with Crippen LogP contribution in [0.5, 0.6) is 0 Å². The molecule has 0 spiro atoms. The standard InChI is InChI=1S/C26H30Si2/c1-27(21-23-13-9-10-14-23,25-17-5-3-6-18-25)28(2,22-24-15-11-12-16-24)26-19-7-4-8-20-26/h3-20,23-24H,21-22H2,1-2H3/t27-,28+. The third-order valence-corrected chi connectivity index (χ3v) is 25.5. The Bertz CT molecular complexity index is 808. The lowest BCUT2D eigenvalue weighted by Gasteiger charge is -2.46. The molecule has 28 heavy (non-hydrogen) atoms. The van der Waals surface area contributed by atoms with Gasteiger partial charge in [-0.3, -0.25) is 0 Å². The molecule has 2 aromatic carbocycles. The Morgan fingerprint density at radius 1 is 0.536 bits per heavy atom. The van der Waals surface area contributed by atoms with Crippen LogP contribution in [0.25, 0.3) is 0 Å². The van der Waals surface area contributed by atoms with Crippen molar-refractivity contribution in [3.05, 3.63) is 109 Å². The van der Waals surface area contributed by atoms with Crippen LogP contribution in [0.2, 0.25) is 25.2 Å². The quantitative estimate of drug-likeness (QED) is 0.539. The van der Waals surface area contributed by atoms with Crippen molar-refractivity contribution in [1.29, 1.82) is 0 Å². The van der Waals surface area contributed by atoms with Gasteiger partial charge in [0, 0.05) is 0 Å². The number of rotatable bonds is 7. The Kier molecular flexibility index (Phi) is 5.52. The summed E-state index contributed by atoms with van der Waals surface area (Å²) in [5.41, 5.74) is 0. The van der Waals surface area contributed by atoms with Crippen LogP contribution in [-0.4, -0.2) is 15.2 Å². The highest BCUT2D eigenvalue weighted by Crippen LogP contribution is 2.35. The average molecular weight is 399 g/mol. The smallest absolute Gasteiger partial charge is 0.0779 e. The number of benzene rings is 2. The molecule has 0 bridgehead atoms. The third-order valence-electron chi connectivity index (χ3n) is 6.98. The van der Waals surface area contributed by atoms with Gasteiger partial charge in [0.05, 0.1) is 15.2 Å². The summed E-state index contributed by atoms with van der Waals surface area (Å²) in [6.45, 7) is 5.37. The van der Waals surface area contributed by atoms with Crippen LogP contribution in [0.4, 0.5) is 0 Å². The maximum atomic E-state index is 2.68. The van der Waals surface area contributed by atoms with Crippen molar-refractivity contribution in [3.63, 3.8) is 0 Å². The van der Waals surface area contributed by atoms with Gasteiger partial charge in [0.1, 0.15) is 0 Å². The van der Waals surface area contributed by atoms with E-state index in [0.29, 0.717) is 11.8 Å². The fourth-order valence-electron chi connectivity index (χ4n) is 5.11. The van der Waals surface area contributed by atoms with Gasteiger partial charge in [0.15, 0.2) is 0 Å². The van der Waals surface area contributed by atoms with Crippen LogP contribution in [-0.2, 0) is 0 Å². The highest BCUT2D eigenvalue weighted by atomic mass is 29.3. The number of hydrogen-bond acceptors (Lipinski definition) is 0. The molecular formula is C26H30Si2. The Morgan fingerprint density at radius 2 is 0.857 bits per heavy atom. The molecule has 2 heteroatoms. The Balaban J connectivity index is 1.85. The van der Waals surface area contributed by atoms with E-state index >= 15 is 0 Å². The van der Waals surface area contributed by atoms with Gasteiger partial charge in [-0.1, -0.05) is 133 Å². The zero-order valence-electron chi connectivity index (χ0n) is 17.0. The van der Waals surface area contributed by atoms with E-state index in [2.05, 4.69) is 122 Å². The van der Waals surface area contributed by atoms with Gasteiger partial charge < -0.3 is 0 Å². The summed E-state index contributed by atoms with van der Waals surface area (Å²) in [7, 11) is -3.57. The Labute approximate surface area is 171 Å². The van der Waals surface area contributed by atoms with Crippen LogP contribution in [0.1, 0.15) is 0 Å². The number of hydrogen-bond donors (Lipinski definition) is 0. The van der Waals surface area contributed by atoms with E-state index in [4.69, 9.17) is 0 Å². The molecule has 4 rings (SSSR count). The summed E-state index contributed by atoms with van der Waals surface area (Å²) < 4.78 is 0. The Hall–Kier alpha value is -2.17. The minimum Gasteiger partial charge on any atom is -0.0779 e. The molecule has 0 amide bonds. The normalized spacial score (nSPS) is 20.5. The van der Waals surface area contributed by atoms with Crippen molar-refractivity contribution in [2.75, 3.05) is 0 Å². The van der Waals surface area contributed by atoms with Crippen molar-refractivity contribution >= 4 is 25.6 Å². The summed E-state index contributed by atoms with van der Waals surface area (Å²) in [5, 5.41) is 3.26. The molecule has 0 aromatic heterocycles. The SMILES string of the molecule is C[Si@](CC1C=CC=C1)(c1ccccc1)[Si@](C)(CC1C=CC=C1)c1ccccc1. The zero-order chi connectivity index (χ0) is 19.5. The molecule has 2 aliphatic carbocycles. The first-order chi connectivity index (χ1) is 13.6. The molecule has 0 unspecified atom stereocenters. The van der Waals surface area contributed by atoms with Crippen LogP contribution in [0.15, 0.2) is 109 Å². The van der Waals surface area contributed by atoms with Crippen LogP contribution in [0.3, 0.4) is 0 Å². The summed E-state index contributed by atoms with van der Waals surface area (Å²) >= 11 is 0. The van der Waals surface area contributed by atoms with Gasteiger partial charge in [-0.2, -0.15) is 0 Å². The first-order valence-corrected chi connectivity index (χ1v) is 16.8. The van der Waals surface area contributed by atoms with Gasteiger partial charge >= 0.3 is 0 Å². The van der Waals surface area contributed by atoms with E-state index in [0.717, 1.165) is 0 Å². The first-order valence-electron chi connectivity index (χ1n) is 10.4. The van der Waals surface area contributed by atoms with Gasteiger partial charge in [-0.05, 0) is 23.9 Å². The monoisotopic (exact) mass is 398 g/mol. The summed E-state index contributed by atoms with van der Waals surface area (Å²) in [6, 6.07) is 25.6. The lowest BCUT2D eigenvalue weighted by molar-refractivity contribution is 0.919. The molecule has 0 N–H and O–H groups in total. The molecule has 2 atom stereocenters. The second kappa shape index (κ2) is 8.06. The molecule has 0 aliphatic heterocycles. The lowest BCUT2D eigenvalue weighted by Crippen LogP contribution is -2.73. The topological polar surface area (TPSA) is 0 Å². The van der Waals surface area contributed by atoms with E-state index in [1.165, 1.54) is 12.1 Å². The molecule has 2 aromatic rings. The average Bonchev–Trinajstić information content (AvgIpc) is 3.43. The van der Waals surface area contributed by atoms with Crippen molar-refractivity contribution in [2.45, 2.75) is 25.2 Å². The van der Waals surface area contributed by atoms with Crippen molar-refractivity contribution in [3.8, 4) is 0 Å². The molecule has 142 valence electrons. The molecule has 2 aliphatic rings. The first kappa shape index (κ1) is 19.2. The van der Waals surface area contributed by atoms with Crippen LogP contribution >= 0.6 is 0 Å². The predicted octanol–water partition coefficient (Wildman–Crippen LogP) is 5.52.